The maximum Gasteiger partial charge on any atom is 0.0369 e. The zero-order chi connectivity index (χ0) is 10.8. The lowest BCUT2D eigenvalue weighted by Gasteiger charge is -2.39. The number of halogens is 1. The predicted octanol–water partition coefficient (Wildman–Crippen LogP) is 4.86. The summed E-state index contributed by atoms with van der Waals surface area (Å²) in [7, 11) is 0. The third kappa shape index (κ3) is 2.90. The first-order valence-corrected chi connectivity index (χ1v) is 7.24. The molecule has 0 spiro atoms. The minimum absolute atomic E-state index is 0.479. The highest BCUT2D eigenvalue weighted by atomic mass is 35.5. The molecule has 15 heavy (non-hydrogen) atoms. The highest BCUT2D eigenvalue weighted by Crippen LogP contribution is 2.43. The number of alkyl halides is 1. The fourth-order valence-corrected chi connectivity index (χ4v) is 4.22. The maximum atomic E-state index is 6.55. The highest BCUT2D eigenvalue weighted by molar-refractivity contribution is 6.20. The van der Waals surface area contributed by atoms with Crippen molar-refractivity contribution < 1.29 is 0 Å². The van der Waals surface area contributed by atoms with Crippen molar-refractivity contribution >= 4 is 11.6 Å². The van der Waals surface area contributed by atoms with Crippen molar-refractivity contribution in [1.82, 2.24) is 0 Å². The van der Waals surface area contributed by atoms with Gasteiger partial charge in [-0.2, -0.15) is 0 Å². The van der Waals surface area contributed by atoms with Crippen LogP contribution < -0.4 is 0 Å². The lowest BCUT2D eigenvalue weighted by molar-refractivity contribution is 0.159. The maximum absolute atomic E-state index is 6.55. The summed E-state index contributed by atoms with van der Waals surface area (Å²) >= 11 is 6.55. The van der Waals surface area contributed by atoms with Gasteiger partial charge in [0.2, 0.25) is 0 Å². The van der Waals surface area contributed by atoms with Crippen LogP contribution >= 0.6 is 11.6 Å². The van der Waals surface area contributed by atoms with Gasteiger partial charge in [-0.3, -0.25) is 0 Å². The molecule has 3 atom stereocenters. The summed E-state index contributed by atoms with van der Waals surface area (Å²) in [6.45, 7) is 4.76. The fraction of sp³-hybridized carbons (Fsp3) is 1.00. The van der Waals surface area contributed by atoms with Gasteiger partial charge in [-0.05, 0) is 49.4 Å². The third-order valence-corrected chi connectivity index (χ3v) is 5.25. The molecule has 0 aliphatic heterocycles. The van der Waals surface area contributed by atoms with E-state index in [2.05, 4.69) is 13.8 Å². The summed E-state index contributed by atoms with van der Waals surface area (Å²) < 4.78 is 0. The van der Waals surface area contributed by atoms with Crippen molar-refractivity contribution in [3.63, 3.8) is 0 Å². The van der Waals surface area contributed by atoms with Crippen LogP contribution in [0, 0.1) is 23.7 Å². The predicted molar refractivity (Wildman–Crippen MR) is 67.3 cm³/mol. The van der Waals surface area contributed by atoms with Crippen molar-refractivity contribution in [1.29, 1.82) is 0 Å². The van der Waals surface area contributed by atoms with E-state index in [0.29, 0.717) is 5.38 Å². The van der Waals surface area contributed by atoms with Crippen LogP contribution in [-0.4, -0.2) is 5.38 Å². The van der Waals surface area contributed by atoms with E-state index < -0.39 is 0 Å². The molecule has 1 heteroatoms. The van der Waals surface area contributed by atoms with Gasteiger partial charge in [0, 0.05) is 5.38 Å². The second-order valence-electron chi connectivity index (χ2n) is 6.12. The van der Waals surface area contributed by atoms with Gasteiger partial charge < -0.3 is 0 Å². The Bertz CT molecular complexity index is 194. The van der Waals surface area contributed by atoms with Crippen molar-refractivity contribution in [2.24, 2.45) is 23.7 Å². The van der Waals surface area contributed by atoms with E-state index >= 15 is 0 Å². The molecule has 2 aliphatic carbocycles. The number of rotatable bonds is 1. The SMILES string of the molecule is CC1CCC(C2CCC(C)CC2Cl)CC1. The molecule has 3 unspecified atom stereocenters. The van der Waals surface area contributed by atoms with Gasteiger partial charge in [-0.15, -0.1) is 11.6 Å². The lowest BCUT2D eigenvalue weighted by atomic mass is 9.69. The highest BCUT2D eigenvalue weighted by Gasteiger charge is 2.34. The van der Waals surface area contributed by atoms with Crippen molar-refractivity contribution in [3.8, 4) is 0 Å². The number of hydrogen-bond donors (Lipinski definition) is 0. The van der Waals surface area contributed by atoms with E-state index in [1.807, 2.05) is 0 Å². The summed E-state index contributed by atoms with van der Waals surface area (Å²) in [5.74, 6) is 3.63. The van der Waals surface area contributed by atoms with E-state index in [9.17, 15) is 0 Å². The molecule has 0 heterocycles. The molecule has 88 valence electrons. The fourth-order valence-electron chi connectivity index (χ4n) is 3.58. The van der Waals surface area contributed by atoms with Crippen LogP contribution in [-0.2, 0) is 0 Å². The van der Waals surface area contributed by atoms with E-state index in [1.165, 1.54) is 44.9 Å². The first kappa shape index (κ1) is 11.8. The Morgan fingerprint density at radius 2 is 1.40 bits per heavy atom. The van der Waals surface area contributed by atoms with Gasteiger partial charge in [-0.1, -0.05) is 33.1 Å². The smallest absolute Gasteiger partial charge is 0.0369 e. The molecule has 0 aromatic rings. The molecule has 2 rings (SSSR count). The Morgan fingerprint density at radius 1 is 0.800 bits per heavy atom. The molecule has 2 saturated carbocycles. The molecular formula is C14H25Cl. The summed E-state index contributed by atoms with van der Waals surface area (Å²) in [4.78, 5) is 0. The molecule has 0 radical (unpaired) electrons. The molecule has 0 nitrogen and oxygen atoms in total. The third-order valence-electron chi connectivity index (χ3n) is 4.75. The van der Waals surface area contributed by atoms with E-state index in [1.54, 1.807) is 0 Å². The van der Waals surface area contributed by atoms with Crippen LogP contribution in [0.3, 0.4) is 0 Å². The Kier molecular flexibility index (Phi) is 3.98. The average Bonchev–Trinajstić information content (AvgIpc) is 2.20. The average molecular weight is 229 g/mol. The Labute approximate surface area is 99.8 Å². The van der Waals surface area contributed by atoms with Gasteiger partial charge in [-0.25, -0.2) is 0 Å². The van der Waals surface area contributed by atoms with Crippen molar-refractivity contribution in [3.05, 3.63) is 0 Å². The van der Waals surface area contributed by atoms with Crippen LogP contribution in [0.2, 0.25) is 0 Å². The van der Waals surface area contributed by atoms with Crippen LogP contribution in [0.1, 0.15) is 58.8 Å². The molecule has 2 fully saturated rings. The van der Waals surface area contributed by atoms with E-state index in [4.69, 9.17) is 11.6 Å². The first-order chi connectivity index (χ1) is 7.16. The molecule has 0 amide bonds. The van der Waals surface area contributed by atoms with Gasteiger partial charge in [0.1, 0.15) is 0 Å². The molecule has 0 saturated heterocycles. The minimum atomic E-state index is 0.479. The molecule has 0 bridgehead atoms. The van der Waals surface area contributed by atoms with Crippen LogP contribution in [0.4, 0.5) is 0 Å². The van der Waals surface area contributed by atoms with E-state index in [-0.39, 0.29) is 0 Å². The summed E-state index contributed by atoms with van der Waals surface area (Å²) in [5, 5.41) is 0.479. The topological polar surface area (TPSA) is 0 Å². The summed E-state index contributed by atoms with van der Waals surface area (Å²) in [6, 6.07) is 0. The van der Waals surface area contributed by atoms with Crippen molar-refractivity contribution in [2.75, 3.05) is 0 Å². The van der Waals surface area contributed by atoms with Crippen molar-refractivity contribution in [2.45, 2.75) is 64.2 Å². The monoisotopic (exact) mass is 228 g/mol. The number of hydrogen-bond acceptors (Lipinski definition) is 0. The normalized spacial score (nSPS) is 47.8. The Hall–Kier alpha value is 0.290. The zero-order valence-electron chi connectivity index (χ0n) is 10.2. The lowest BCUT2D eigenvalue weighted by Crippen LogP contribution is -2.32. The standard InChI is InChI=1S/C14H25Cl/c1-10-3-6-12(7-4-10)13-8-5-11(2)9-14(13)15/h10-14H,3-9H2,1-2H3. The Balaban J connectivity index is 1.87. The van der Waals surface area contributed by atoms with Crippen LogP contribution in [0.15, 0.2) is 0 Å². The zero-order valence-corrected chi connectivity index (χ0v) is 11.0. The minimum Gasteiger partial charge on any atom is -0.123 e. The quantitative estimate of drug-likeness (QED) is 0.563. The van der Waals surface area contributed by atoms with E-state index in [0.717, 1.165) is 23.7 Å². The van der Waals surface area contributed by atoms with Crippen LogP contribution in [0.25, 0.3) is 0 Å². The molecule has 2 aliphatic rings. The van der Waals surface area contributed by atoms with Gasteiger partial charge in [0.15, 0.2) is 0 Å². The molecular weight excluding hydrogens is 204 g/mol. The second-order valence-corrected chi connectivity index (χ2v) is 6.68. The summed E-state index contributed by atoms with van der Waals surface area (Å²) in [5.41, 5.74) is 0. The molecule has 0 N–H and O–H groups in total. The van der Waals surface area contributed by atoms with Crippen LogP contribution in [0.5, 0.6) is 0 Å². The summed E-state index contributed by atoms with van der Waals surface area (Å²) in [6.07, 6.45) is 9.86. The van der Waals surface area contributed by atoms with Gasteiger partial charge in [0.25, 0.3) is 0 Å². The second kappa shape index (κ2) is 5.08. The van der Waals surface area contributed by atoms with Gasteiger partial charge in [0.05, 0.1) is 0 Å². The van der Waals surface area contributed by atoms with Gasteiger partial charge >= 0.3 is 0 Å². The Morgan fingerprint density at radius 3 is 2.00 bits per heavy atom. The molecule has 0 aromatic heterocycles. The molecule has 0 aromatic carbocycles. The largest absolute Gasteiger partial charge is 0.123 e. The first-order valence-electron chi connectivity index (χ1n) is 6.81.